The van der Waals surface area contributed by atoms with Gasteiger partial charge in [0.05, 0.1) is 31.3 Å². The first-order valence-electron chi connectivity index (χ1n) is 8.08. The average Bonchev–Trinajstić information content (AvgIpc) is 3.44. The zero-order chi connectivity index (χ0) is 18.4. The predicted molar refractivity (Wildman–Crippen MR) is 87.5 cm³/mol. The van der Waals surface area contributed by atoms with Gasteiger partial charge in [-0.1, -0.05) is 12.1 Å². The minimum absolute atomic E-state index is 0.0276. The highest BCUT2D eigenvalue weighted by atomic mass is 16.7. The third-order valence-corrected chi connectivity index (χ3v) is 4.23. The summed E-state index contributed by atoms with van der Waals surface area (Å²) in [6.07, 6.45) is 4.20. The summed E-state index contributed by atoms with van der Waals surface area (Å²) < 4.78 is 4.66. The van der Waals surface area contributed by atoms with Crippen LogP contribution in [0.5, 0.6) is 0 Å². The molecule has 0 N–H and O–H groups in total. The van der Waals surface area contributed by atoms with Crippen molar-refractivity contribution in [2.24, 2.45) is 11.8 Å². The molecule has 134 valence electrons. The van der Waals surface area contributed by atoms with Gasteiger partial charge >= 0.3 is 5.97 Å². The second-order valence-electron chi connectivity index (χ2n) is 5.84. The number of amides is 2. The van der Waals surface area contributed by atoms with Crippen molar-refractivity contribution in [3.8, 4) is 0 Å². The van der Waals surface area contributed by atoms with Gasteiger partial charge in [0.15, 0.2) is 0 Å². The minimum Gasteiger partial charge on any atom is -0.469 e. The van der Waals surface area contributed by atoms with Crippen LogP contribution >= 0.6 is 0 Å². The molecule has 25 heavy (non-hydrogen) atoms. The zero-order valence-electron chi connectivity index (χ0n) is 14.3. The summed E-state index contributed by atoms with van der Waals surface area (Å²) in [5.74, 6) is -0.497. The smallest absolute Gasteiger partial charge is 0.308 e. The van der Waals surface area contributed by atoms with Gasteiger partial charge in [-0.25, -0.2) is 0 Å². The lowest BCUT2D eigenvalue weighted by molar-refractivity contribution is -0.146. The number of hydrogen-bond acceptors (Lipinski definition) is 6. The molecule has 7 heteroatoms. The quantitative estimate of drug-likeness (QED) is 0.444. The number of imide groups is 1. The molecule has 1 aliphatic heterocycles. The fourth-order valence-corrected chi connectivity index (χ4v) is 2.78. The molecule has 2 aliphatic rings. The highest BCUT2D eigenvalue weighted by Gasteiger charge is 2.36. The highest BCUT2D eigenvalue weighted by molar-refractivity contribution is 6.20. The van der Waals surface area contributed by atoms with Gasteiger partial charge in [0.2, 0.25) is 0 Å². The second-order valence-corrected chi connectivity index (χ2v) is 5.84. The number of carbonyl (C=O) groups excluding carboxylic acids is 4. The van der Waals surface area contributed by atoms with E-state index in [0.717, 1.165) is 24.2 Å². The number of benzene rings is 1. The summed E-state index contributed by atoms with van der Waals surface area (Å²) in [6.45, 7) is 0. The third-order valence-electron chi connectivity index (χ3n) is 4.23. The molecule has 0 aromatic heterocycles. The van der Waals surface area contributed by atoms with Gasteiger partial charge < -0.3 is 9.53 Å². The van der Waals surface area contributed by atoms with Gasteiger partial charge in [-0.05, 0) is 37.3 Å². The van der Waals surface area contributed by atoms with E-state index in [9.17, 15) is 19.2 Å². The Kier molecular flexibility index (Phi) is 6.41. The molecular weight excluding hydrogens is 326 g/mol. The van der Waals surface area contributed by atoms with Crippen LogP contribution in [0.3, 0.4) is 0 Å². The number of nitrogens with zero attached hydrogens (tertiary/aromatic N) is 1. The molecule has 3 rings (SSSR count). The zero-order valence-corrected chi connectivity index (χ0v) is 14.3. The predicted octanol–water partition coefficient (Wildman–Crippen LogP) is 2.01. The minimum atomic E-state index is -0.400. The lowest BCUT2D eigenvalue weighted by Gasteiger charge is -2.10. The Hall–Kier alpha value is -2.54. The van der Waals surface area contributed by atoms with Crippen LogP contribution in [0.25, 0.3) is 0 Å². The van der Waals surface area contributed by atoms with Gasteiger partial charge in [-0.2, -0.15) is 0 Å². The first-order valence-corrected chi connectivity index (χ1v) is 8.08. The largest absolute Gasteiger partial charge is 0.469 e. The Morgan fingerprint density at radius 3 is 2.16 bits per heavy atom. The van der Waals surface area contributed by atoms with Crippen LogP contribution in [0.2, 0.25) is 0 Å². The number of hydrogen-bond donors (Lipinski definition) is 0. The molecule has 7 nitrogen and oxygen atoms in total. The third kappa shape index (κ3) is 4.30. The maximum Gasteiger partial charge on any atom is 0.308 e. The van der Waals surface area contributed by atoms with E-state index in [-0.39, 0.29) is 11.9 Å². The first kappa shape index (κ1) is 18.8. The van der Waals surface area contributed by atoms with E-state index in [0.29, 0.717) is 29.9 Å². The van der Waals surface area contributed by atoms with Crippen molar-refractivity contribution in [3.63, 3.8) is 0 Å². The molecule has 1 aromatic carbocycles. The van der Waals surface area contributed by atoms with Crippen LogP contribution in [-0.4, -0.2) is 43.4 Å². The Balaban J connectivity index is 0.000000181. The second kappa shape index (κ2) is 8.53. The summed E-state index contributed by atoms with van der Waals surface area (Å²) in [6, 6.07) is 6.63. The Morgan fingerprint density at radius 1 is 1.20 bits per heavy atom. The maximum atomic E-state index is 11.4. The Labute approximate surface area is 145 Å². The highest BCUT2D eigenvalue weighted by Crippen LogP contribution is 2.39. The van der Waals surface area contributed by atoms with Gasteiger partial charge in [0.25, 0.3) is 11.8 Å². The maximum absolute atomic E-state index is 11.4. The van der Waals surface area contributed by atoms with Crippen LogP contribution in [0, 0.1) is 11.8 Å². The van der Waals surface area contributed by atoms with Crippen molar-refractivity contribution < 1.29 is 28.8 Å². The molecule has 1 heterocycles. The molecular formula is C18H21NO6. The molecule has 0 bridgehead atoms. The van der Waals surface area contributed by atoms with Crippen LogP contribution in [0.15, 0.2) is 24.3 Å². The lowest BCUT2D eigenvalue weighted by Crippen LogP contribution is -2.28. The fourth-order valence-electron chi connectivity index (χ4n) is 2.78. The Bertz CT molecular complexity index is 632. The molecule has 1 aliphatic carbocycles. The van der Waals surface area contributed by atoms with Gasteiger partial charge in [-0.15, -0.1) is 5.06 Å². The number of fused-ring (bicyclic) bond motifs is 1. The molecule has 0 spiro atoms. The van der Waals surface area contributed by atoms with Crippen LogP contribution < -0.4 is 0 Å². The number of hydroxylamine groups is 2. The number of aldehydes is 1. The molecule has 1 aromatic rings. The lowest BCUT2D eigenvalue weighted by atomic mass is 9.98. The van der Waals surface area contributed by atoms with Crippen molar-refractivity contribution in [1.29, 1.82) is 0 Å². The number of ether oxygens (including phenoxy) is 1. The number of rotatable bonds is 6. The van der Waals surface area contributed by atoms with E-state index in [1.54, 1.807) is 24.3 Å². The van der Waals surface area contributed by atoms with E-state index in [1.807, 2.05) is 0 Å². The number of esters is 1. The molecule has 0 saturated heterocycles. The molecule has 1 saturated carbocycles. The summed E-state index contributed by atoms with van der Waals surface area (Å²) in [5, 5.41) is 0.755. The molecule has 1 unspecified atom stereocenters. The number of carbonyl (C=O) groups is 4. The van der Waals surface area contributed by atoms with E-state index >= 15 is 0 Å². The van der Waals surface area contributed by atoms with Gasteiger partial charge in [0, 0.05) is 6.42 Å². The average molecular weight is 347 g/mol. The normalized spacial score (nSPS) is 16.6. The summed E-state index contributed by atoms with van der Waals surface area (Å²) in [7, 11) is 2.69. The standard InChI is InChI=1S/C9H7NO3.C9H14O3/c1-13-10-8(11)6-4-2-3-5-7(6)9(10)12;1-12-9(11)8(3-2-6-10)7-4-5-7/h2-5H,1H3;6-8H,2-5H2,1H3. The van der Waals surface area contributed by atoms with E-state index < -0.39 is 11.8 Å². The van der Waals surface area contributed by atoms with Gasteiger partial charge in [0.1, 0.15) is 6.29 Å². The monoisotopic (exact) mass is 347 g/mol. The van der Waals surface area contributed by atoms with Crippen molar-refractivity contribution in [1.82, 2.24) is 5.06 Å². The van der Waals surface area contributed by atoms with Crippen molar-refractivity contribution in [3.05, 3.63) is 35.4 Å². The van der Waals surface area contributed by atoms with Crippen molar-refractivity contribution >= 4 is 24.1 Å². The van der Waals surface area contributed by atoms with Crippen LogP contribution in [0.4, 0.5) is 0 Å². The Morgan fingerprint density at radius 2 is 1.76 bits per heavy atom. The fraction of sp³-hybridized carbons (Fsp3) is 0.444. The number of methoxy groups -OCH3 is 1. The van der Waals surface area contributed by atoms with Crippen molar-refractivity contribution in [2.75, 3.05) is 14.2 Å². The summed E-state index contributed by atoms with van der Waals surface area (Å²) in [5.41, 5.74) is 0.795. The van der Waals surface area contributed by atoms with E-state index in [2.05, 4.69) is 9.57 Å². The molecule has 2 amide bonds. The summed E-state index contributed by atoms with van der Waals surface area (Å²) in [4.78, 5) is 48.8. The van der Waals surface area contributed by atoms with E-state index in [1.165, 1.54) is 14.2 Å². The molecule has 1 atom stereocenters. The first-order chi connectivity index (χ1) is 12.0. The van der Waals surface area contributed by atoms with Crippen molar-refractivity contribution in [2.45, 2.75) is 25.7 Å². The van der Waals surface area contributed by atoms with Crippen LogP contribution in [-0.2, 0) is 19.2 Å². The molecule has 0 radical (unpaired) electrons. The van der Waals surface area contributed by atoms with E-state index in [4.69, 9.17) is 0 Å². The topological polar surface area (TPSA) is 90.0 Å². The van der Waals surface area contributed by atoms with Gasteiger partial charge in [-0.3, -0.25) is 19.2 Å². The SMILES string of the molecule is COC(=O)C(CCC=O)C1CC1.CON1C(=O)c2ccccc2C1=O. The summed E-state index contributed by atoms with van der Waals surface area (Å²) >= 11 is 0. The molecule has 1 fully saturated rings. The van der Waals surface area contributed by atoms with Crippen LogP contribution in [0.1, 0.15) is 46.4 Å².